The molecule has 1 heterocycles. The highest BCUT2D eigenvalue weighted by atomic mass is 16.2. The lowest BCUT2D eigenvalue weighted by molar-refractivity contribution is 0.0966. The zero-order chi connectivity index (χ0) is 15.0. The van der Waals surface area contributed by atoms with Gasteiger partial charge in [0, 0.05) is 5.56 Å². The highest BCUT2D eigenvalue weighted by Gasteiger charge is 2.35. The van der Waals surface area contributed by atoms with E-state index < -0.39 is 11.7 Å². The number of amidine groups is 1. The Balaban J connectivity index is 2.12. The van der Waals surface area contributed by atoms with E-state index in [0.717, 1.165) is 4.90 Å². The molecule has 2 aromatic rings. The maximum Gasteiger partial charge on any atom is 0.264 e. The van der Waals surface area contributed by atoms with Crippen LogP contribution in [0.3, 0.4) is 0 Å². The number of Topliss-reactive ketones (excluding diaryl/α,β-unsaturated/α-hetero) is 1. The van der Waals surface area contributed by atoms with Gasteiger partial charge in [-0.15, -0.1) is 0 Å². The van der Waals surface area contributed by atoms with Gasteiger partial charge in [0.15, 0.2) is 5.84 Å². The second-order valence-electron chi connectivity index (χ2n) is 4.52. The third kappa shape index (κ3) is 1.90. The van der Waals surface area contributed by atoms with Crippen molar-refractivity contribution in [1.29, 1.82) is 10.7 Å². The van der Waals surface area contributed by atoms with E-state index in [4.69, 9.17) is 10.7 Å². The van der Waals surface area contributed by atoms with Crippen molar-refractivity contribution in [2.24, 2.45) is 0 Å². The average molecular weight is 275 g/mol. The van der Waals surface area contributed by atoms with Gasteiger partial charge in [-0.2, -0.15) is 5.26 Å². The summed E-state index contributed by atoms with van der Waals surface area (Å²) in [5.41, 5.74) is 1.37. The molecular weight excluding hydrogens is 266 g/mol. The smallest absolute Gasteiger partial charge is 0.264 e. The first-order chi connectivity index (χ1) is 10.1. The third-order valence-corrected chi connectivity index (χ3v) is 3.30. The second kappa shape index (κ2) is 4.69. The Morgan fingerprint density at radius 1 is 0.952 bits per heavy atom. The number of benzene rings is 2. The summed E-state index contributed by atoms with van der Waals surface area (Å²) >= 11 is 0. The predicted octanol–water partition coefficient (Wildman–Crippen LogP) is 2.38. The zero-order valence-electron chi connectivity index (χ0n) is 10.8. The average Bonchev–Trinajstić information content (AvgIpc) is 2.53. The molecular formula is C16H9N3O2. The van der Waals surface area contributed by atoms with Gasteiger partial charge in [0.2, 0.25) is 5.78 Å². The van der Waals surface area contributed by atoms with Crippen molar-refractivity contribution in [2.45, 2.75) is 0 Å². The zero-order valence-corrected chi connectivity index (χ0v) is 10.8. The normalized spacial score (nSPS) is 13.9. The molecule has 1 aliphatic rings. The van der Waals surface area contributed by atoms with Crippen molar-refractivity contribution >= 4 is 23.2 Å². The molecule has 0 radical (unpaired) electrons. The van der Waals surface area contributed by atoms with Crippen LogP contribution in [0.15, 0.2) is 48.5 Å². The summed E-state index contributed by atoms with van der Waals surface area (Å²) in [4.78, 5) is 25.8. The monoisotopic (exact) mass is 275 g/mol. The minimum absolute atomic E-state index is 0.248. The number of carbonyl (C=O) groups excluding carboxylic acids is 2. The van der Waals surface area contributed by atoms with Crippen LogP contribution in [0.1, 0.15) is 26.3 Å². The van der Waals surface area contributed by atoms with Crippen LogP contribution in [0.2, 0.25) is 0 Å². The van der Waals surface area contributed by atoms with E-state index in [1.807, 2.05) is 6.07 Å². The molecule has 21 heavy (non-hydrogen) atoms. The molecule has 0 saturated heterocycles. The maximum atomic E-state index is 12.5. The number of fused-ring (bicyclic) bond motifs is 1. The molecule has 1 N–H and O–H groups in total. The summed E-state index contributed by atoms with van der Waals surface area (Å²) in [7, 11) is 0. The third-order valence-electron chi connectivity index (χ3n) is 3.30. The highest BCUT2D eigenvalue weighted by molar-refractivity contribution is 6.56. The van der Waals surface area contributed by atoms with Crippen LogP contribution < -0.4 is 4.90 Å². The van der Waals surface area contributed by atoms with Gasteiger partial charge in [-0.3, -0.25) is 19.9 Å². The summed E-state index contributed by atoms with van der Waals surface area (Å²) in [6.07, 6.45) is 0. The molecule has 1 aliphatic heterocycles. The van der Waals surface area contributed by atoms with E-state index in [9.17, 15) is 9.59 Å². The van der Waals surface area contributed by atoms with Crippen LogP contribution in [-0.2, 0) is 0 Å². The van der Waals surface area contributed by atoms with E-state index in [2.05, 4.69) is 0 Å². The predicted molar refractivity (Wildman–Crippen MR) is 76.5 cm³/mol. The Bertz CT molecular complexity index is 816. The van der Waals surface area contributed by atoms with E-state index in [1.165, 1.54) is 0 Å². The summed E-state index contributed by atoms with van der Waals surface area (Å²) in [6, 6.07) is 14.6. The molecule has 0 bridgehead atoms. The van der Waals surface area contributed by atoms with Crippen molar-refractivity contribution in [1.82, 2.24) is 0 Å². The molecule has 1 amide bonds. The van der Waals surface area contributed by atoms with Crippen molar-refractivity contribution in [3.63, 3.8) is 0 Å². The Morgan fingerprint density at radius 3 is 2.19 bits per heavy atom. The molecule has 0 unspecified atom stereocenters. The Labute approximate surface area is 120 Å². The molecule has 0 aromatic heterocycles. The first-order valence-electron chi connectivity index (χ1n) is 6.20. The fourth-order valence-corrected chi connectivity index (χ4v) is 2.25. The number of carbonyl (C=O) groups is 2. The van der Waals surface area contributed by atoms with Gasteiger partial charge in [0.1, 0.15) is 0 Å². The van der Waals surface area contributed by atoms with E-state index in [0.29, 0.717) is 11.3 Å². The number of anilines is 1. The quantitative estimate of drug-likeness (QED) is 0.867. The van der Waals surface area contributed by atoms with Crippen molar-refractivity contribution in [3.8, 4) is 6.07 Å². The lowest BCUT2D eigenvalue weighted by Gasteiger charge is -2.27. The number of hydrogen-bond donors (Lipinski definition) is 1. The minimum Gasteiger partial charge on any atom is -0.285 e. The molecule has 0 fully saturated rings. The van der Waals surface area contributed by atoms with Crippen LogP contribution in [0.25, 0.3) is 0 Å². The van der Waals surface area contributed by atoms with Gasteiger partial charge < -0.3 is 0 Å². The van der Waals surface area contributed by atoms with E-state index >= 15 is 0 Å². The number of nitriles is 1. The van der Waals surface area contributed by atoms with Crippen LogP contribution in [0.4, 0.5) is 5.69 Å². The SMILES string of the molecule is N#Cc1ccc(N2C(=N)C(=O)c3ccccc3C2=O)cc1. The number of ketones is 1. The van der Waals surface area contributed by atoms with Gasteiger partial charge >= 0.3 is 0 Å². The van der Waals surface area contributed by atoms with Crippen molar-refractivity contribution in [2.75, 3.05) is 4.90 Å². The molecule has 2 aromatic carbocycles. The molecule has 100 valence electrons. The van der Waals surface area contributed by atoms with Crippen LogP contribution in [0.5, 0.6) is 0 Å². The summed E-state index contributed by atoms with van der Waals surface area (Å²) in [6.45, 7) is 0. The number of nitrogens with one attached hydrogen (secondary N) is 1. The number of amides is 1. The second-order valence-corrected chi connectivity index (χ2v) is 4.52. The first-order valence-corrected chi connectivity index (χ1v) is 6.20. The van der Waals surface area contributed by atoms with Crippen LogP contribution in [-0.4, -0.2) is 17.5 Å². The van der Waals surface area contributed by atoms with E-state index in [1.54, 1.807) is 48.5 Å². The molecule has 0 aliphatic carbocycles. The van der Waals surface area contributed by atoms with Crippen molar-refractivity contribution in [3.05, 3.63) is 65.2 Å². The molecule has 0 saturated carbocycles. The highest BCUT2D eigenvalue weighted by Crippen LogP contribution is 2.25. The number of nitrogens with zero attached hydrogens (tertiary/aromatic N) is 2. The molecule has 5 nitrogen and oxygen atoms in total. The van der Waals surface area contributed by atoms with Gasteiger partial charge in [0.05, 0.1) is 22.9 Å². The van der Waals surface area contributed by atoms with Crippen LogP contribution >= 0.6 is 0 Å². The number of hydrogen-bond acceptors (Lipinski definition) is 4. The lowest BCUT2D eigenvalue weighted by atomic mass is 9.96. The van der Waals surface area contributed by atoms with Gasteiger partial charge in [-0.05, 0) is 30.3 Å². The fourth-order valence-electron chi connectivity index (χ4n) is 2.25. The standard InChI is InChI=1S/C16H9N3O2/c17-9-10-5-7-11(8-6-10)19-15(18)14(20)12-3-1-2-4-13(12)16(19)21/h1-8,18H. The lowest BCUT2D eigenvalue weighted by Crippen LogP contribution is -2.46. The van der Waals surface area contributed by atoms with Gasteiger partial charge in [0.25, 0.3) is 5.91 Å². The molecule has 3 rings (SSSR count). The van der Waals surface area contributed by atoms with Gasteiger partial charge in [-0.25, -0.2) is 0 Å². The topological polar surface area (TPSA) is 85.0 Å². The van der Waals surface area contributed by atoms with Crippen LogP contribution in [0, 0.1) is 16.7 Å². The summed E-state index contributed by atoms with van der Waals surface area (Å²) in [5, 5.41) is 16.7. The molecule has 0 spiro atoms. The number of rotatable bonds is 1. The van der Waals surface area contributed by atoms with Crippen molar-refractivity contribution < 1.29 is 9.59 Å². The first kappa shape index (κ1) is 12.8. The Morgan fingerprint density at radius 2 is 1.57 bits per heavy atom. The molecule has 5 heteroatoms. The summed E-state index contributed by atoms with van der Waals surface area (Å²) in [5.74, 6) is -1.29. The van der Waals surface area contributed by atoms with Gasteiger partial charge in [-0.1, -0.05) is 18.2 Å². The minimum atomic E-state index is -0.491. The molecule has 0 atom stereocenters. The van der Waals surface area contributed by atoms with E-state index in [-0.39, 0.29) is 17.0 Å². The largest absolute Gasteiger partial charge is 0.285 e. The fraction of sp³-hybridized carbons (Fsp3) is 0. The summed E-state index contributed by atoms with van der Waals surface area (Å²) < 4.78 is 0. The Hall–Kier alpha value is -3.26. The Kier molecular flexibility index (Phi) is 2.85. The maximum absolute atomic E-state index is 12.5.